The van der Waals surface area contributed by atoms with Crippen molar-refractivity contribution in [2.45, 2.75) is 33.6 Å². The zero-order valence-corrected chi connectivity index (χ0v) is 21.9. The van der Waals surface area contributed by atoms with Crippen LogP contribution in [0.15, 0.2) is 78.9 Å². The van der Waals surface area contributed by atoms with E-state index in [0.29, 0.717) is 29.1 Å². The van der Waals surface area contributed by atoms with Gasteiger partial charge in [0, 0.05) is 5.02 Å². The molecule has 1 aliphatic heterocycles. The molecule has 3 aromatic rings. The highest BCUT2D eigenvalue weighted by Crippen LogP contribution is 2.75. The Balaban J connectivity index is 1.68. The molecule has 3 aliphatic rings. The van der Waals surface area contributed by atoms with Gasteiger partial charge >= 0.3 is 0 Å². The molecule has 4 nitrogen and oxygen atoms in total. The molecule has 4 unspecified atom stereocenters. The Kier molecular flexibility index (Phi) is 5.33. The molecule has 1 saturated carbocycles. The molecule has 0 spiro atoms. The smallest absolute Gasteiger partial charge is 0.239 e. The summed E-state index contributed by atoms with van der Waals surface area (Å²) in [7, 11) is 0. The van der Waals surface area contributed by atoms with Crippen LogP contribution in [0.1, 0.15) is 43.4 Å². The van der Waals surface area contributed by atoms with Gasteiger partial charge in [-0.25, -0.2) is 4.90 Å². The average Bonchev–Trinajstić information content (AvgIpc) is 3.42. The highest BCUT2D eigenvalue weighted by molar-refractivity contribution is 6.36. The van der Waals surface area contributed by atoms with Gasteiger partial charge in [-0.05, 0) is 59.7 Å². The van der Waals surface area contributed by atoms with Gasteiger partial charge in [0.15, 0.2) is 5.78 Å². The predicted octanol–water partition coefficient (Wildman–Crippen LogP) is 6.75. The van der Waals surface area contributed by atoms with Crippen LogP contribution in [-0.2, 0) is 14.4 Å². The third-order valence-corrected chi connectivity index (χ3v) is 9.45. The van der Waals surface area contributed by atoms with Crippen molar-refractivity contribution in [3.8, 4) is 0 Å². The Labute approximate surface area is 221 Å². The molecule has 4 atom stereocenters. The van der Waals surface area contributed by atoms with Crippen LogP contribution >= 0.6 is 11.6 Å². The highest BCUT2D eigenvalue weighted by Gasteiger charge is 2.80. The summed E-state index contributed by atoms with van der Waals surface area (Å²) in [6.07, 6.45) is 0.882. The number of ketones is 1. The first-order valence-electron chi connectivity index (χ1n) is 12.9. The Morgan fingerprint density at radius 1 is 0.703 bits per heavy atom. The van der Waals surface area contributed by atoms with E-state index in [9.17, 15) is 14.4 Å². The molecule has 3 aromatic carbocycles. The largest absolute Gasteiger partial charge is 0.298 e. The molecule has 6 rings (SSSR count). The van der Waals surface area contributed by atoms with Crippen LogP contribution in [-0.4, -0.2) is 17.6 Å². The Hall–Kier alpha value is -3.50. The molecular formula is C32H28ClNO3. The van der Waals surface area contributed by atoms with E-state index in [1.165, 1.54) is 4.90 Å². The lowest BCUT2D eigenvalue weighted by Gasteiger charge is -2.38. The van der Waals surface area contributed by atoms with Gasteiger partial charge in [0.25, 0.3) is 0 Å². The second-order valence-corrected chi connectivity index (χ2v) is 10.7. The number of benzene rings is 3. The van der Waals surface area contributed by atoms with Gasteiger partial charge in [0.1, 0.15) is 0 Å². The molecule has 1 saturated heterocycles. The van der Waals surface area contributed by atoms with Crippen molar-refractivity contribution in [2.24, 2.45) is 22.7 Å². The minimum absolute atomic E-state index is 0.0156. The number of carbonyl (C=O) groups excluding carboxylic acids is 3. The number of allylic oxidation sites excluding steroid dienone is 2. The quantitative estimate of drug-likeness (QED) is 0.357. The number of nitrogens with zero attached hydrogens (tertiary/aromatic N) is 1. The topological polar surface area (TPSA) is 54.5 Å². The molecule has 2 fully saturated rings. The van der Waals surface area contributed by atoms with Crippen molar-refractivity contribution >= 4 is 46.0 Å². The number of hydrogen-bond acceptors (Lipinski definition) is 3. The van der Waals surface area contributed by atoms with E-state index < -0.39 is 22.7 Å². The first-order chi connectivity index (χ1) is 17.9. The maximum Gasteiger partial charge on any atom is 0.239 e. The summed E-state index contributed by atoms with van der Waals surface area (Å²) in [5.41, 5.74) is 2.69. The zero-order valence-electron chi connectivity index (χ0n) is 21.1. The van der Waals surface area contributed by atoms with E-state index >= 15 is 0 Å². The lowest BCUT2D eigenvalue weighted by molar-refractivity contribution is -0.134. The number of carbonyl (C=O) groups is 3. The third-order valence-electron chi connectivity index (χ3n) is 9.04. The molecule has 5 heteroatoms. The molecule has 0 aromatic heterocycles. The maximum atomic E-state index is 14.7. The fourth-order valence-electron chi connectivity index (χ4n) is 7.53. The molecule has 2 aliphatic carbocycles. The van der Waals surface area contributed by atoms with Crippen LogP contribution in [0.5, 0.6) is 0 Å². The average molecular weight is 510 g/mol. The number of halogens is 1. The highest BCUT2D eigenvalue weighted by atomic mass is 35.5. The summed E-state index contributed by atoms with van der Waals surface area (Å²) >= 11 is 6.41. The van der Waals surface area contributed by atoms with Crippen LogP contribution in [0.3, 0.4) is 0 Å². The minimum atomic E-state index is -1.08. The SMILES string of the molecule is CCC12C(=O)C(CC)(C(c3ccccc3)=C1c1ccccc1)C1C(=O)N(c3cccc(Cl)c3C)C(=O)C12. The van der Waals surface area contributed by atoms with Crippen molar-refractivity contribution in [1.82, 2.24) is 0 Å². The van der Waals surface area contributed by atoms with E-state index in [4.69, 9.17) is 11.6 Å². The van der Waals surface area contributed by atoms with Gasteiger partial charge < -0.3 is 0 Å². The van der Waals surface area contributed by atoms with E-state index in [2.05, 4.69) is 0 Å². The summed E-state index contributed by atoms with van der Waals surface area (Å²) in [5, 5.41) is 0.498. The van der Waals surface area contributed by atoms with Crippen molar-refractivity contribution in [2.75, 3.05) is 4.90 Å². The summed E-state index contributed by atoms with van der Waals surface area (Å²) in [6, 6.07) is 25.1. The summed E-state index contributed by atoms with van der Waals surface area (Å²) in [5.74, 6) is -2.09. The predicted molar refractivity (Wildman–Crippen MR) is 146 cm³/mol. The maximum absolute atomic E-state index is 14.7. The number of amides is 2. The molecular weight excluding hydrogens is 482 g/mol. The van der Waals surface area contributed by atoms with E-state index in [-0.39, 0.29) is 17.6 Å². The number of rotatable bonds is 5. The van der Waals surface area contributed by atoms with Crippen molar-refractivity contribution < 1.29 is 14.4 Å². The Morgan fingerprint density at radius 3 is 1.59 bits per heavy atom. The van der Waals surface area contributed by atoms with Gasteiger partial charge in [0.05, 0.1) is 28.4 Å². The number of hydrogen-bond donors (Lipinski definition) is 0. The van der Waals surface area contributed by atoms with Crippen LogP contribution in [0.25, 0.3) is 11.1 Å². The number of Topliss-reactive ketones (excluding diaryl/α,β-unsaturated/α-hetero) is 1. The second kappa shape index (κ2) is 8.26. The monoisotopic (exact) mass is 509 g/mol. The van der Waals surface area contributed by atoms with Crippen LogP contribution in [0.2, 0.25) is 5.02 Å². The van der Waals surface area contributed by atoms with E-state index in [1.807, 2.05) is 81.4 Å². The van der Waals surface area contributed by atoms with E-state index in [0.717, 1.165) is 22.3 Å². The van der Waals surface area contributed by atoms with Crippen molar-refractivity contribution in [1.29, 1.82) is 0 Å². The standard InChI is InChI=1S/C32H28ClNO3/c1-4-31-24(20-13-8-6-9-14-20)25(21-15-10-7-11-16-21)32(5-2,30(31)37)27-26(31)28(35)34(29(27)36)23-18-12-17-22(33)19(23)3/h6-18,26-27H,4-5H2,1-3H3. The molecule has 37 heavy (non-hydrogen) atoms. The molecule has 2 amide bonds. The van der Waals surface area contributed by atoms with Gasteiger partial charge in [0.2, 0.25) is 11.8 Å². The minimum Gasteiger partial charge on any atom is -0.298 e. The summed E-state index contributed by atoms with van der Waals surface area (Å²) in [4.78, 5) is 44.7. The van der Waals surface area contributed by atoms with Crippen LogP contribution in [0.4, 0.5) is 5.69 Å². The Morgan fingerprint density at radius 2 is 1.16 bits per heavy atom. The Bertz CT molecular complexity index is 1410. The zero-order chi connectivity index (χ0) is 26.1. The molecule has 2 bridgehead atoms. The number of anilines is 1. The van der Waals surface area contributed by atoms with Gasteiger partial charge in [-0.3, -0.25) is 14.4 Å². The molecule has 0 N–H and O–H groups in total. The number of fused-ring (bicyclic) bond motifs is 5. The first kappa shape index (κ1) is 23.9. The number of imide groups is 1. The van der Waals surface area contributed by atoms with Crippen LogP contribution in [0, 0.1) is 29.6 Å². The fourth-order valence-corrected chi connectivity index (χ4v) is 7.70. The molecule has 186 valence electrons. The summed E-state index contributed by atoms with van der Waals surface area (Å²) < 4.78 is 0. The third kappa shape index (κ3) is 2.77. The van der Waals surface area contributed by atoms with Crippen molar-refractivity contribution in [3.05, 3.63) is 101 Å². The molecule has 1 heterocycles. The second-order valence-electron chi connectivity index (χ2n) is 10.3. The first-order valence-corrected chi connectivity index (χ1v) is 13.3. The van der Waals surface area contributed by atoms with Gasteiger partial charge in [-0.15, -0.1) is 0 Å². The van der Waals surface area contributed by atoms with Gasteiger partial charge in [-0.1, -0.05) is 92.2 Å². The van der Waals surface area contributed by atoms with Gasteiger partial charge in [-0.2, -0.15) is 0 Å². The van der Waals surface area contributed by atoms with E-state index in [1.54, 1.807) is 18.2 Å². The summed E-state index contributed by atoms with van der Waals surface area (Å²) in [6.45, 7) is 5.77. The van der Waals surface area contributed by atoms with Crippen LogP contribution < -0.4 is 4.90 Å². The fraction of sp³-hybridized carbons (Fsp3) is 0.281. The lowest BCUT2D eigenvalue weighted by atomic mass is 9.60. The normalized spacial score (nSPS) is 28.4. The van der Waals surface area contributed by atoms with Crippen molar-refractivity contribution in [3.63, 3.8) is 0 Å². The lowest BCUT2D eigenvalue weighted by Crippen LogP contribution is -2.42. The molecule has 0 radical (unpaired) electrons.